The van der Waals surface area contributed by atoms with Crippen molar-refractivity contribution in [1.29, 1.82) is 0 Å². The summed E-state index contributed by atoms with van der Waals surface area (Å²) in [6.45, 7) is 1.91. The molecular formula is C10H7Cl2NOS2. The van der Waals surface area contributed by atoms with Gasteiger partial charge < -0.3 is 0 Å². The van der Waals surface area contributed by atoms with Gasteiger partial charge in [0, 0.05) is 10.9 Å². The molecule has 2 rings (SSSR count). The van der Waals surface area contributed by atoms with Gasteiger partial charge in [0.1, 0.15) is 4.34 Å². The zero-order valence-electron chi connectivity index (χ0n) is 8.29. The predicted molar refractivity (Wildman–Crippen MR) is 69.2 cm³/mol. The van der Waals surface area contributed by atoms with Gasteiger partial charge >= 0.3 is 0 Å². The number of carbonyl (C=O) groups excluding carboxylic acids is 1. The third-order valence-electron chi connectivity index (χ3n) is 1.97. The fourth-order valence-corrected chi connectivity index (χ4v) is 3.39. The highest BCUT2D eigenvalue weighted by molar-refractivity contribution is 7.20. The van der Waals surface area contributed by atoms with Crippen molar-refractivity contribution >= 4 is 51.7 Å². The first kappa shape index (κ1) is 12.0. The summed E-state index contributed by atoms with van der Waals surface area (Å²) in [6, 6.07) is 1.61. The SMILES string of the molecule is Cc1nc(CC(=O)c2cc(Cl)sc2Cl)cs1. The van der Waals surface area contributed by atoms with E-state index in [-0.39, 0.29) is 12.2 Å². The predicted octanol–water partition coefficient (Wildman–Crippen LogP) is 4.25. The number of aromatic nitrogens is 1. The van der Waals surface area contributed by atoms with Gasteiger partial charge in [0.2, 0.25) is 0 Å². The summed E-state index contributed by atoms with van der Waals surface area (Å²) in [5, 5.41) is 2.84. The molecule has 0 N–H and O–H groups in total. The maximum atomic E-state index is 11.9. The smallest absolute Gasteiger partial charge is 0.171 e. The molecular weight excluding hydrogens is 285 g/mol. The first-order chi connectivity index (χ1) is 7.56. The van der Waals surface area contributed by atoms with Gasteiger partial charge in [-0.3, -0.25) is 4.79 Å². The third-order valence-corrected chi connectivity index (χ3v) is 4.28. The molecule has 0 unspecified atom stereocenters. The van der Waals surface area contributed by atoms with Crippen LogP contribution in [-0.4, -0.2) is 10.8 Å². The number of aryl methyl sites for hydroxylation is 1. The Morgan fingerprint density at radius 3 is 2.75 bits per heavy atom. The monoisotopic (exact) mass is 291 g/mol. The number of hydrogen-bond donors (Lipinski definition) is 0. The standard InChI is InChI=1S/C10H7Cl2NOS2/c1-5-13-6(4-15-5)2-8(14)7-3-9(11)16-10(7)12/h3-4H,2H2,1H3. The summed E-state index contributed by atoms with van der Waals surface area (Å²) >= 11 is 14.4. The van der Waals surface area contributed by atoms with Crippen molar-refractivity contribution in [1.82, 2.24) is 4.98 Å². The lowest BCUT2D eigenvalue weighted by atomic mass is 10.1. The lowest BCUT2D eigenvalue weighted by molar-refractivity contribution is 0.0992. The quantitative estimate of drug-likeness (QED) is 0.792. The van der Waals surface area contributed by atoms with Gasteiger partial charge in [0.25, 0.3) is 0 Å². The zero-order valence-corrected chi connectivity index (χ0v) is 11.4. The first-order valence-corrected chi connectivity index (χ1v) is 6.90. The zero-order chi connectivity index (χ0) is 11.7. The number of Topliss-reactive ketones (excluding diaryl/α,β-unsaturated/α-hetero) is 1. The molecule has 0 spiro atoms. The highest BCUT2D eigenvalue weighted by atomic mass is 35.5. The molecule has 0 bridgehead atoms. The van der Waals surface area contributed by atoms with Crippen molar-refractivity contribution in [2.75, 3.05) is 0 Å². The minimum Gasteiger partial charge on any atom is -0.294 e. The summed E-state index contributed by atoms with van der Waals surface area (Å²) < 4.78 is 0.977. The van der Waals surface area contributed by atoms with Crippen LogP contribution in [0.3, 0.4) is 0 Å². The molecule has 0 aliphatic carbocycles. The second kappa shape index (κ2) is 4.84. The van der Waals surface area contributed by atoms with Gasteiger partial charge in [0.05, 0.1) is 21.5 Å². The Labute approximate surface area is 111 Å². The molecule has 84 valence electrons. The molecule has 0 aromatic carbocycles. The van der Waals surface area contributed by atoms with E-state index in [9.17, 15) is 4.79 Å². The summed E-state index contributed by atoms with van der Waals surface area (Å²) in [7, 11) is 0. The minimum absolute atomic E-state index is 0.0431. The number of carbonyl (C=O) groups is 1. The van der Waals surface area contributed by atoms with E-state index in [1.54, 1.807) is 6.07 Å². The van der Waals surface area contributed by atoms with Crippen molar-refractivity contribution in [3.8, 4) is 0 Å². The van der Waals surface area contributed by atoms with Crippen LogP contribution in [-0.2, 0) is 6.42 Å². The number of hydrogen-bond acceptors (Lipinski definition) is 4. The normalized spacial score (nSPS) is 10.7. The van der Waals surface area contributed by atoms with Gasteiger partial charge in [-0.05, 0) is 13.0 Å². The molecule has 0 aliphatic heterocycles. The number of nitrogens with zero attached hydrogens (tertiary/aromatic N) is 1. The number of rotatable bonds is 3. The third kappa shape index (κ3) is 2.63. The van der Waals surface area contributed by atoms with Gasteiger partial charge in [-0.2, -0.15) is 0 Å². The number of thiophene rings is 1. The highest BCUT2D eigenvalue weighted by Crippen LogP contribution is 2.31. The summed E-state index contributed by atoms with van der Waals surface area (Å²) in [6.07, 6.45) is 0.275. The van der Waals surface area contributed by atoms with E-state index in [0.29, 0.717) is 14.2 Å². The first-order valence-electron chi connectivity index (χ1n) is 4.45. The molecule has 0 saturated carbocycles. The Morgan fingerprint density at radius 2 is 2.25 bits per heavy atom. The van der Waals surface area contributed by atoms with Crippen LogP contribution in [0.5, 0.6) is 0 Å². The molecule has 0 atom stereocenters. The molecule has 0 aliphatic rings. The van der Waals surface area contributed by atoms with E-state index in [1.807, 2.05) is 12.3 Å². The van der Waals surface area contributed by atoms with Crippen LogP contribution < -0.4 is 0 Å². The lowest BCUT2D eigenvalue weighted by Crippen LogP contribution is -2.02. The number of thiazole rings is 1. The van der Waals surface area contributed by atoms with Gasteiger partial charge in [-0.25, -0.2) is 4.98 Å². The molecule has 2 aromatic heterocycles. The summed E-state index contributed by atoms with van der Waals surface area (Å²) in [5.41, 5.74) is 1.27. The lowest BCUT2D eigenvalue weighted by Gasteiger charge is -1.95. The van der Waals surface area contributed by atoms with Gasteiger partial charge in [0.15, 0.2) is 5.78 Å². The molecule has 2 nitrogen and oxygen atoms in total. The van der Waals surface area contributed by atoms with Crippen LogP contribution in [0.1, 0.15) is 21.1 Å². The Balaban J connectivity index is 2.17. The summed E-state index contributed by atoms with van der Waals surface area (Å²) in [4.78, 5) is 16.1. The largest absolute Gasteiger partial charge is 0.294 e. The van der Waals surface area contributed by atoms with Crippen LogP contribution in [0.4, 0.5) is 0 Å². The molecule has 0 saturated heterocycles. The molecule has 16 heavy (non-hydrogen) atoms. The molecule has 0 radical (unpaired) electrons. The fraction of sp³-hybridized carbons (Fsp3) is 0.200. The van der Waals surface area contributed by atoms with Crippen LogP contribution >= 0.6 is 45.9 Å². The van der Waals surface area contributed by atoms with E-state index in [2.05, 4.69) is 4.98 Å². The number of ketones is 1. The van der Waals surface area contributed by atoms with E-state index in [4.69, 9.17) is 23.2 Å². The molecule has 2 aromatic rings. The fourth-order valence-electron chi connectivity index (χ4n) is 1.28. The van der Waals surface area contributed by atoms with E-state index in [1.165, 1.54) is 22.7 Å². The van der Waals surface area contributed by atoms with Crippen LogP contribution in [0.15, 0.2) is 11.4 Å². The number of halogens is 2. The maximum absolute atomic E-state index is 11.9. The molecule has 2 heterocycles. The van der Waals surface area contributed by atoms with Gasteiger partial charge in [-0.1, -0.05) is 23.2 Å². The molecule has 0 fully saturated rings. The Bertz CT molecular complexity index is 533. The van der Waals surface area contributed by atoms with Crippen LogP contribution in [0.2, 0.25) is 8.67 Å². The van der Waals surface area contributed by atoms with E-state index < -0.39 is 0 Å². The van der Waals surface area contributed by atoms with Crippen molar-refractivity contribution in [3.05, 3.63) is 36.4 Å². The Hall–Kier alpha value is -0.420. The summed E-state index contributed by atoms with van der Waals surface area (Å²) in [5.74, 6) is -0.0431. The van der Waals surface area contributed by atoms with Crippen molar-refractivity contribution < 1.29 is 4.79 Å². The topological polar surface area (TPSA) is 30.0 Å². The Kier molecular flexibility index (Phi) is 3.64. The van der Waals surface area contributed by atoms with Crippen LogP contribution in [0.25, 0.3) is 0 Å². The van der Waals surface area contributed by atoms with Crippen molar-refractivity contribution in [2.24, 2.45) is 0 Å². The maximum Gasteiger partial charge on any atom is 0.171 e. The van der Waals surface area contributed by atoms with Gasteiger partial charge in [-0.15, -0.1) is 22.7 Å². The second-order valence-corrected chi connectivity index (χ2v) is 6.54. The van der Waals surface area contributed by atoms with Crippen molar-refractivity contribution in [3.63, 3.8) is 0 Å². The average Bonchev–Trinajstić information content (AvgIpc) is 2.73. The van der Waals surface area contributed by atoms with Crippen molar-refractivity contribution in [2.45, 2.75) is 13.3 Å². The highest BCUT2D eigenvalue weighted by Gasteiger charge is 2.15. The molecule has 6 heteroatoms. The minimum atomic E-state index is -0.0431. The Morgan fingerprint density at radius 1 is 1.50 bits per heavy atom. The molecule has 0 amide bonds. The average molecular weight is 292 g/mol. The van der Waals surface area contributed by atoms with E-state index >= 15 is 0 Å². The second-order valence-electron chi connectivity index (χ2n) is 3.20. The van der Waals surface area contributed by atoms with E-state index in [0.717, 1.165) is 10.7 Å². The van der Waals surface area contributed by atoms with Crippen LogP contribution in [0, 0.1) is 6.92 Å².